The smallest absolute Gasteiger partial charge is 0.242 e. The van der Waals surface area contributed by atoms with Gasteiger partial charge in [-0.2, -0.15) is 0 Å². The fraction of sp³-hybridized carbons (Fsp3) is 0.105. The van der Waals surface area contributed by atoms with E-state index < -0.39 is 0 Å². The van der Waals surface area contributed by atoms with Crippen LogP contribution in [-0.2, 0) is 11.2 Å². The van der Waals surface area contributed by atoms with Crippen molar-refractivity contribution in [1.82, 2.24) is 15.4 Å². The van der Waals surface area contributed by atoms with Crippen LogP contribution in [0.1, 0.15) is 11.1 Å². The van der Waals surface area contributed by atoms with E-state index in [1.54, 1.807) is 0 Å². The molecule has 5 N–H and O–H groups in total. The Morgan fingerprint density at radius 1 is 1.00 bits per heavy atom. The SMILES string of the molecule is Cc1ccccc1Nc1ncnc(NNC(=O)Cc2ccccc2)c1N. The van der Waals surface area contributed by atoms with Gasteiger partial charge in [-0.1, -0.05) is 48.5 Å². The number of nitrogens with two attached hydrogens (primary N) is 1. The van der Waals surface area contributed by atoms with E-state index in [9.17, 15) is 4.79 Å². The molecule has 3 aromatic rings. The molecular weight excluding hydrogens is 328 g/mol. The van der Waals surface area contributed by atoms with Gasteiger partial charge in [0.05, 0.1) is 6.42 Å². The number of para-hydroxylation sites is 1. The molecule has 0 radical (unpaired) electrons. The second kappa shape index (κ2) is 7.98. The third-order valence-corrected chi connectivity index (χ3v) is 3.81. The van der Waals surface area contributed by atoms with Crippen molar-refractivity contribution < 1.29 is 4.79 Å². The van der Waals surface area contributed by atoms with Crippen molar-refractivity contribution in [3.05, 3.63) is 72.1 Å². The van der Waals surface area contributed by atoms with E-state index in [0.717, 1.165) is 16.8 Å². The van der Waals surface area contributed by atoms with E-state index in [0.29, 0.717) is 17.3 Å². The number of carbonyl (C=O) groups is 1. The lowest BCUT2D eigenvalue weighted by molar-refractivity contribution is -0.119. The molecule has 0 aliphatic heterocycles. The maximum atomic E-state index is 12.0. The normalized spacial score (nSPS) is 10.2. The predicted molar refractivity (Wildman–Crippen MR) is 103 cm³/mol. The number of nitrogens with zero attached hydrogens (tertiary/aromatic N) is 2. The summed E-state index contributed by atoms with van der Waals surface area (Å²) in [6.45, 7) is 1.99. The first-order valence-electron chi connectivity index (χ1n) is 8.15. The summed E-state index contributed by atoms with van der Waals surface area (Å²) in [6, 6.07) is 17.3. The van der Waals surface area contributed by atoms with E-state index in [4.69, 9.17) is 5.73 Å². The first kappa shape index (κ1) is 17.2. The lowest BCUT2D eigenvalue weighted by Crippen LogP contribution is -2.31. The summed E-state index contributed by atoms with van der Waals surface area (Å²) >= 11 is 0. The Morgan fingerprint density at radius 2 is 1.69 bits per heavy atom. The number of hydrogen-bond acceptors (Lipinski definition) is 6. The van der Waals surface area contributed by atoms with Crippen molar-refractivity contribution in [2.24, 2.45) is 0 Å². The molecule has 0 aliphatic rings. The Hall–Kier alpha value is -3.61. The molecule has 2 aromatic carbocycles. The molecule has 3 rings (SSSR count). The standard InChI is InChI=1S/C19H20N6O/c1-13-7-5-6-10-15(13)23-18-17(20)19(22-12-21-18)25-24-16(26)11-14-8-3-2-4-9-14/h2-10,12H,11,20H2,1H3,(H,24,26)(H2,21,22,23,25). The van der Waals surface area contributed by atoms with E-state index in [-0.39, 0.29) is 12.3 Å². The zero-order chi connectivity index (χ0) is 18.4. The Balaban J connectivity index is 1.65. The van der Waals surface area contributed by atoms with Crippen LogP contribution < -0.4 is 21.9 Å². The van der Waals surface area contributed by atoms with Gasteiger partial charge in [0.2, 0.25) is 5.91 Å². The van der Waals surface area contributed by atoms with Crippen LogP contribution in [0.25, 0.3) is 0 Å². The number of nitrogen functional groups attached to an aromatic ring is 1. The maximum absolute atomic E-state index is 12.0. The summed E-state index contributed by atoms with van der Waals surface area (Å²) in [5.41, 5.74) is 14.7. The van der Waals surface area contributed by atoms with Gasteiger partial charge in [-0.25, -0.2) is 9.97 Å². The number of amides is 1. The molecule has 26 heavy (non-hydrogen) atoms. The highest BCUT2D eigenvalue weighted by atomic mass is 16.2. The van der Waals surface area contributed by atoms with Gasteiger partial charge in [-0.15, -0.1) is 0 Å². The molecule has 1 amide bonds. The lowest BCUT2D eigenvalue weighted by atomic mass is 10.1. The number of benzene rings is 2. The van der Waals surface area contributed by atoms with Gasteiger partial charge in [0.1, 0.15) is 12.0 Å². The quantitative estimate of drug-likeness (QED) is 0.511. The van der Waals surface area contributed by atoms with Gasteiger partial charge in [0, 0.05) is 5.69 Å². The Bertz CT molecular complexity index is 898. The fourth-order valence-corrected chi connectivity index (χ4v) is 2.39. The summed E-state index contributed by atoms with van der Waals surface area (Å²) in [5.74, 6) is 0.606. The van der Waals surface area contributed by atoms with Crippen LogP contribution in [0, 0.1) is 6.92 Å². The molecule has 0 atom stereocenters. The van der Waals surface area contributed by atoms with Crippen molar-refractivity contribution >= 4 is 28.9 Å². The second-order valence-corrected chi connectivity index (χ2v) is 5.76. The highest BCUT2D eigenvalue weighted by Gasteiger charge is 2.10. The highest BCUT2D eigenvalue weighted by Crippen LogP contribution is 2.26. The lowest BCUT2D eigenvalue weighted by Gasteiger charge is -2.14. The molecule has 0 saturated carbocycles. The first-order chi connectivity index (χ1) is 12.6. The number of nitrogens with one attached hydrogen (secondary N) is 3. The van der Waals surface area contributed by atoms with Crippen LogP contribution in [-0.4, -0.2) is 15.9 Å². The zero-order valence-electron chi connectivity index (χ0n) is 14.4. The van der Waals surface area contributed by atoms with Gasteiger partial charge < -0.3 is 11.1 Å². The number of rotatable bonds is 6. The van der Waals surface area contributed by atoms with Crippen molar-refractivity contribution in [2.45, 2.75) is 13.3 Å². The zero-order valence-corrected chi connectivity index (χ0v) is 14.4. The monoisotopic (exact) mass is 348 g/mol. The summed E-state index contributed by atoms with van der Waals surface area (Å²) in [4.78, 5) is 20.3. The molecule has 0 unspecified atom stereocenters. The third kappa shape index (κ3) is 4.27. The molecule has 0 saturated heterocycles. The molecule has 0 fully saturated rings. The number of hydrogen-bond donors (Lipinski definition) is 4. The molecule has 7 heteroatoms. The Morgan fingerprint density at radius 3 is 2.46 bits per heavy atom. The maximum Gasteiger partial charge on any atom is 0.242 e. The molecule has 0 aliphatic carbocycles. The van der Waals surface area contributed by atoms with Crippen molar-refractivity contribution in [2.75, 3.05) is 16.5 Å². The summed E-state index contributed by atoms with van der Waals surface area (Å²) in [7, 11) is 0. The molecule has 132 valence electrons. The van der Waals surface area contributed by atoms with Crippen LogP contribution in [0.4, 0.5) is 23.0 Å². The van der Waals surface area contributed by atoms with Crippen LogP contribution >= 0.6 is 0 Å². The second-order valence-electron chi connectivity index (χ2n) is 5.76. The van der Waals surface area contributed by atoms with Crippen LogP contribution in [0.2, 0.25) is 0 Å². The fourth-order valence-electron chi connectivity index (χ4n) is 2.39. The number of aryl methyl sites for hydroxylation is 1. The predicted octanol–water partition coefficient (Wildman–Crippen LogP) is 2.80. The summed E-state index contributed by atoms with van der Waals surface area (Å²) in [5, 5.41) is 3.18. The van der Waals surface area contributed by atoms with E-state index in [1.807, 2.05) is 61.5 Å². The van der Waals surface area contributed by atoms with Gasteiger partial charge in [0.15, 0.2) is 11.6 Å². The number of aromatic nitrogens is 2. The van der Waals surface area contributed by atoms with Crippen LogP contribution in [0.15, 0.2) is 60.9 Å². The van der Waals surface area contributed by atoms with Crippen molar-refractivity contribution in [3.8, 4) is 0 Å². The molecular formula is C19H20N6O. The molecule has 7 nitrogen and oxygen atoms in total. The Labute approximate surface area is 151 Å². The topological polar surface area (TPSA) is 105 Å². The van der Waals surface area contributed by atoms with E-state index >= 15 is 0 Å². The van der Waals surface area contributed by atoms with Crippen LogP contribution in [0.5, 0.6) is 0 Å². The summed E-state index contributed by atoms with van der Waals surface area (Å²) in [6.07, 6.45) is 1.63. The van der Waals surface area contributed by atoms with Crippen molar-refractivity contribution in [1.29, 1.82) is 0 Å². The van der Waals surface area contributed by atoms with E-state index in [2.05, 4.69) is 26.1 Å². The average Bonchev–Trinajstić information content (AvgIpc) is 2.65. The summed E-state index contributed by atoms with van der Waals surface area (Å²) < 4.78 is 0. The minimum absolute atomic E-state index is 0.192. The van der Waals surface area contributed by atoms with E-state index in [1.165, 1.54) is 6.33 Å². The largest absolute Gasteiger partial charge is 0.393 e. The first-order valence-corrected chi connectivity index (χ1v) is 8.15. The average molecular weight is 348 g/mol. The van der Waals surface area contributed by atoms with Crippen molar-refractivity contribution in [3.63, 3.8) is 0 Å². The van der Waals surface area contributed by atoms with Gasteiger partial charge in [-0.05, 0) is 24.1 Å². The van der Waals surface area contributed by atoms with Gasteiger partial charge in [0.25, 0.3) is 0 Å². The number of carbonyl (C=O) groups excluding carboxylic acids is 1. The third-order valence-electron chi connectivity index (χ3n) is 3.81. The van der Waals surface area contributed by atoms with Gasteiger partial charge in [-0.3, -0.25) is 15.6 Å². The molecule has 0 bridgehead atoms. The molecule has 1 heterocycles. The Kier molecular flexibility index (Phi) is 5.28. The number of hydrazine groups is 1. The minimum Gasteiger partial charge on any atom is -0.393 e. The van der Waals surface area contributed by atoms with Crippen LogP contribution in [0.3, 0.4) is 0 Å². The number of anilines is 4. The minimum atomic E-state index is -0.192. The highest BCUT2D eigenvalue weighted by molar-refractivity contribution is 5.82. The molecule has 1 aromatic heterocycles. The van der Waals surface area contributed by atoms with Gasteiger partial charge >= 0.3 is 0 Å². The molecule has 0 spiro atoms.